The van der Waals surface area contributed by atoms with E-state index >= 15 is 0 Å². The van der Waals surface area contributed by atoms with E-state index in [2.05, 4.69) is 41.5 Å². The highest BCUT2D eigenvalue weighted by Gasteiger charge is 2.14. The average molecular weight is 401 g/mol. The molecule has 0 saturated heterocycles. The fourth-order valence-corrected chi connectivity index (χ4v) is 4.28. The van der Waals surface area contributed by atoms with Gasteiger partial charge in [0, 0.05) is 0 Å². The molecule has 0 N–H and O–H groups in total. The third kappa shape index (κ3) is 18.1. The van der Waals surface area contributed by atoms with Crippen molar-refractivity contribution in [1.29, 1.82) is 0 Å². The van der Waals surface area contributed by atoms with Gasteiger partial charge in [0.1, 0.15) is 0 Å². The highest BCUT2D eigenvalue weighted by molar-refractivity contribution is 4.67. The van der Waals surface area contributed by atoms with E-state index < -0.39 is 0 Å². The first-order valence-corrected chi connectivity index (χ1v) is 11.4. The molecule has 0 heteroatoms. The molecule has 0 aromatic rings. The first-order chi connectivity index (χ1) is 11.4. The molecule has 28 heavy (non-hydrogen) atoms. The molecule has 176 valence electrons. The van der Waals surface area contributed by atoms with Gasteiger partial charge in [-0.05, 0) is 35.5 Å². The van der Waals surface area contributed by atoms with Crippen LogP contribution in [0.4, 0.5) is 0 Å². The van der Waals surface area contributed by atoms with Crippen molar-refractivity contribution in [3.05, 3.63) is 0 Å². The summed E-state index contributed by atoms with van der Waals surface area (Å²) < 4.78 is 0. The molecular weight excluding hydrogens is 336 g/mol. The van der Waals surface area contributed by atoms with Gasteiger partial charge < -0.3 is 0 Å². The van der Waals surface area contributed by atoms with Crippen LogP contribution in [0.2, 0.25) is 0 Å². The number of hydrogen-bond donors (Lipinski definition) is 0. The van der Waals surface area contributed by atoms with Gasteiger partial charge in [-0.25, -0.2) is 0 Å². The van der Waals surface area contributed by atoms with Crippen molar-refractivity contribution < 1.29 is 0 Å². The molecule has 3 fully saturated rings. The van der Waals surface area contributed by atoms with Gasteiger partial charge >= 0.3 is 0 Å². The maximum absolute atomic E-state index is 2.37. The van der Waals surface area contributed by atoms with Crippen LogP contribution in [0.3, 0.4) is 0 Å². The number of hydrogen-bond acceptors (Lipinski definition) is 0. The molecule has 0 aromatic heterocycles. The second-order valence-corrected chi connectivity index (χ2v) is 10.1. The Hall–Kier alpha value is 0. The SMILES string of the molecule is C.C.C.C.CC1CCC(C)CC1.CC1CCC(C)CC1.CC1CCC(C)CC1. The zero-order chi connectivity index (χ0) is 17.9. The zero-order valence-corrected chi connectivity index (χ0v) is 17.9. The zero-order valence-electron chi connectivity index (χ0n) is 17.9. The van der Waals surface area contributed by atoms with E-state index in [1.165, 1.54) is 77.0 Å². The minimum absolute atomic E-state index is 0. The summed E-state index contributed by atoms with van der Waals surface area (Å²) in [6.45, 7) is 14.2. The molecule has 3 saturated carbocycles. The molecule has 0 spiro atoms. The maximum Gasteiger partial charge on any atom is -0.0443 e. The lowest BCUT2D eigenvalue weighted by molar-refractivity contribution is 0.308. The Morgan fingerprint density at radius 2 is 0.321 bits per heavy atom. The second-order valence-electron chi connectivity index (χ2n) is 10.1. The van der Waals surface area contributed by atoms with Crippen molar-refractivity contribution in [2.45, 2.75) is 148 Å². The van der Waals surface area contributed by atoms with E-state index in [9.17, 15) is 0 Å². The summed E-state index contributed by atoms with van der Waals surface area (Å²) in [6.07, 6.45) is 17.7. The molecule has 0 aliphatic heterocycles. The highest BCUT2D eigenvalue weighted by atomic mass is 14.2. The third-order valence-electron chi connectivity index (χ3n) is 6.91. The molecule has 3 aliphatic rings. The summed E-state index contributed by atoms with van der Waals surface area (Å²) in [5.74, 6) is 6.12. The van der Waals surface area contributed by atoms with Crippen LogP contribution in [0, 0.1) is 35.5 Å². The molecule has 0 radical (unpaired) electrons. The molecule has 3 aliphatic carbocycles. The lowest BCUT2D eigenvalue weighted by Crippen LogP contribution is -2.08. The van der Waals surface area contributed by atoms with Gasteiger partial charge in [0.25, 0.3) is 0 Å². The van der Waals surface area contributed by atoms with E-state index in [1.807, 2.05) is 0 Å². The molecule has 0 unspecified atom stereocenters. The molecule has 0 aromatic carbocycles. The lowest BCUT2D eigenvalue weighted by atomic mass is 9.84. The normalized spacial score (nSPS) is 34.1. The van der Waals surface area contributed by atoms with E-state index in [4.69, 9.17) is 0 Å². The Labute approximate surface area is 184 Å². The van der Waals surface area contributed by atoms with Gasteiger partial charge in [0.05, 0.1) is 0 Å². The van der Waals surface area contributed by atoms with Gasteiger partial charge in [0.2, 0.25) is 0 Å². The Kier molecular flexibility index (Phi) is 25.7. The fourth-order valence-electron chi connectivity index (χ4n) is 4.28. The van der Waals surface area contributed by atoms with Crippen LogP contribution in [-0.2, 0) is 0 Å². The quantitative estimate of drug-likeness (QED) is 0.379. The van der Waals surface area contributed by atoms with Crippen LogP contribution in [-0.4, -0.2) is 0 Å². The van der Waals surface area contributed by atoms with E-state index in [0.717, 1.165) is 35.5 Å². The van der Waals surface area contributed by atoms with Crippen molar-refractivity contribution in [2.24, 2.45) is 35.5 Å². The van der Waals surface area contributed by atoms with Crippen LogP contribution < -0.4 is 0 Å². The van der Waals surface area contributed by atoms with Gasteiger partial charge in [-0.2, -0.15) is 0 Å². The van der Waals surface area contributed by atoms with Gasteiger partial charge in [0.15, 0.2) is 0 Å². The summed E-state index contributed by atoms with van der Waals surface area (Å²) in [7, 11) is 0. The minimum Gasteiger partial charge on any atom is -0.0776 e. The molecule has 0 nitrogen and oxygen atoms in total. The predicted molar refractivity (Wildman–Crippen MR) is 137 cm³/mol. The first-order valence-electron chi connectivity index (χ1n) is 11.4. The summed E-state index contributed by atoms with van der Waals surface area (Å²) in [5.41, 5.74) is 0. The summed E-state index contributed by atoms with van der Waals surface area (Å²) in [6, 6.07) is 0. The Morgan fingerprint density at radius 3 is 0.393 bits per heavy atom. The first kappa shape index (κ1) is 35.4. The largest absolute Gasteiger partial charge is 0.0776 e. The summed E-state index contributed by atoms with van der Waals surface area (Å²) >= 11 is 0. The van der Waals surface area contributed by atoms with Crippen molar-refractivity contribution in [2.75, 3.05) is 0 Å². The second kappa shape index (κ2) is 20.3. The Bertz CT molecular complexity index is 193. The van der Waals surface area contributed by atoms with E-state index in [0.29, 0.717) is 0 Å². The van der Waals surface area contributed by atoms with Crippen LogP contribution in [0.25, 0.3) is 0 Å². The van der Waals surface area contributed by atoms with Crippen molar-refractivity contribution in [3.8, 4) is 0 Å². The van der Waals surface area contributed by atoms with Crippen molar-refractivity contribution in [3.63, 3.8) is 0 Å². The van der Waals surface area contributed by atoms with Crippen molar-refractivity contribution in [1.82, 2.24) is 0 Å². The van der Waals surface area contributed by atoms with Crippen LogP contribution >= 0.6 is 0 Å². The van der Waals surface area contributed by atoms with E-state index in [-0.39, 0.29) is 29.7 Å². The van der Waals surface area contributed by atoms with E-state index in [1.54, 1.807) is 0 Å². The third-order valence-corrected chi connectivity index (χ3v) is 6.91. The molecule has 0 heterocycles. The smallest absolute Gasteiger partial charge is 0.0443 e. The fraction of sp³-hybridized carbons (Fsp3) is 1.00. The monoisotopic (exact) mass is 401 g/mol. The van der Waals surface area contributed by atoms with Gasteiger partial charge in [-0.15, -0.1) is 0 Å². The molecular formula is C28H64. The van der Waals surface area contributed by atoms with Crippen LogP contribution in [0.15, 0.2) is 0 Å². The van der Waals surface area contributed by atoms with Gasteiger partial charge in [-0.3, -0.25) is 0 Å². The van der Waals surface area contributed by atoms with Crippen LogP contribution in [0.5, 0.6) is 0 Å². The molecule has 0 amide bonds. The highest BCUT2D eigenvalue weighted by Crippen LogP contribution is 2.28. The van der Waals surface area contributed by atoms with Crippen molar-refractivity contribution >= 4 is 0 Å². The number of rotatable bonds is 0. The maximum atomic E-state index is 2.37. The molecule has 0 atom stereocenters. The average Bonchev–Trinajstić information content (AvgIpc) is 2.57. The Balaban J connectivity index is -0.000000144. The standard InChI is InChI=1S/3C8H16.4CH4/c3*1-7-3-5-8(2)6-4-7;;;;/h3*7-8H,3-6H2,1-2H3;4*1H4. The van der Waals surface area contributed by atoms with Crippen LogP contribution in [0.1, 0.15) is 148 Å². The lowest BCUT2D eigenvalue weighted by Gasteiger charge is -2.22. The summed E-state index contributed by atoms with van der Waals surface area (Å²) in [4.78, 5) is 0. The molecule has 3 rings (SSSR count). The molecule has 0 bridgehead atoms. The topological polar surface area (TPSA) is 0 Å². The van der Waals surface area contributed by atoms with Gasteiger partial charge in [-0.1, -0.05) is 148 Å². The summed E-state index contributed by atoms with van der Waals surface area (Å²) in [5, 5.41) is 0. The Morgan fingerprint density at radius 1 is 0.250 bits per heavy atom. The predicted octanol–water partition coefficient (Wildman–Crippen LogP) is 11.0. The minimum atomic E-state index is 0.